The lowest BCUT2D eigenvalue weighted by molar-refractivity contribution is -0.384. The zero-order valence-electron chi connectivity index (χ0n) is 17.9. The molecule has 1 aromatic heterocycles. The van der Waals surface area contributed by atoms with Crippen LogP contribution in [0.3, 0.4) is 0 Å². The summed E-state index contributed by atoms with van der Waals surface area (Å²) < 4.78 is 5.86. The summed E-state index contributed by atoms with van der Waals surface area (Å²) in [6, 6.07) is 17.6. The van der Waals surface area contributed by atoms with Crippen molar-refractivity contribution < 1.29 is 14.1 Å². The summed E-state index contributed by atoms with van der Waals surface area (Å²) in [6.07, 6.45) is 2.77. The highest BCUT2D eigenvalue weighted by molar-refractivity contribution is 6.32. The minimum atomic E-state index is -0.570. The Hall–Kier alpha value is -3.97. The monoisotopic (exact) mass is 461 g/mol. The highest BCUT2D eigenvalue weighted by atomic mass is 35.5. The second kappa shape index (κ2) is 9.26. The number of nitro benzene ring substituents is 1. The van der Waals surface area contributed by atoms with Gasteiger partial charge in [-0.25, -0.2) is 4.98 Å². The summed E-state index contributed by atoms with van der Waals surface area (Å²) in [6.45, 7) is 4.28. The first-order valence-electron chi connectivity index (χ1n) is 10.2. The Balaban J connectivity index is 1.49. The molecule has 33 heavy (non-hydrogen) atoms. The van der Waals surface area contributed by atoms with Crippen molar-refractivity contribution in [1.29, 1.82) is 0 Å². The Morgan fingerprint density at radius 2 is 1.88 bits per heavy atom. The van der Waals surface area contributed by atoms with Gasteiger partial charge in [0, 0.05) is 23.4 Å². The molecule has 0 aliphatic rings. The number of carbonyl (C=O) groups excluding carboxylic acids is 1. The van der Waals surface area contributed by atoms with Crippen LogP contribution in [0.2, 0.25) is 5.02 Å². The number of aromatic nitrogens is 1. The standard InChI is InChI=1S/C25H20ClN3O4/c1-15(2)17-5-7-18(8-6-17)25-28-21-14-19(9-11-23(21)33-25)27-24(30)12-4-16-3-10-20(26)22(13-16)29(31)32/h3-15H,1-2H3,(H,27,30)/b12-4+. The molecule has 0 radical (unpaired) electrons. The molecule has 0 fully saturated rings. The van der Waals surface area contributed by atoms with E-state index in [1.165, 1.54) is 29.8 Å². The Morgan fingerprint density at radius 1 is 1.12 bits per heavy atom. The van der Waals surface area contributed by atoms with E-state index in [-0.39, 0.29) is 16.6 Å². The van der Waals surface area contributed by atoms with E-state index in [2.05, 4.69) is 36.3 Å². The van der Waals surface area contributed by atoms with Gasteiger partial charge in [0.05, 0.1) is 4.92 Å². The first kappa shape index (κ1) is 22.2. The first-order chi connectivity index (χ1) is 15.8. The van der Waals surface area contributed by atoms with E-state index in [0.29, 0.717) is 34.2 Å². The van der Waals surface area contributed by atoms with Gasteiger partial charge in [-0.2, -0.15) is 0 Å². The van der Waals surface area contributed by atoms with Gasteiger partial charge in [0.2, 0.25) is 11.8 Å². The molecule has 3 aromatic carbocycles. The Morgan fingerprint density at radius 3 is 2.58 bits per heavy atom. The van der Waals surface area contributed by atoms with Gasteiger partial charge in [0.1, 0.15) is 10.5 Å². The van der Waals surface area contributed by atoms with E-state index in [4.69, 9.17) is 16.0 Å². The number of benzene rings is 3. The number of nitrogens with one attached hydrogen (secondary N) is 1. The number of fused-ring (bicyclic) bond motifs is 1. The van der Waals surface area contributed by atoms with Crippen molar-refractivity contribution in [3.8, 4) is 11.5 Å². The number of rotatable bonds is 6. The third kappa shape index (κ3) is 5.10. The molecule has 0 aliphatic heterocycles. The van der Waals surface area contributed by atoms with Crippen LogP contribution in [0.25, 0.3) is 28.6 Å². The molecule has 0 saturated carbocycles. The highest BCUT2D eigenvalue weighted by Crippen LogP contribution is 2.28. The number of nitro groups is 1. The van der Waals surface area contributed by atoms with Crippen LogP contribution >= 0.6 is 11.6 Å². The molecule has 4 aromatic rings. The van der Waals surface area contributed by atoms with Gasteiger partial charge < -0.3 is 9.73 Å². The predicted molar refractivity (Wildman–Crippen MR) is 129 cm³/mol. The van der Waals surface area contributed by atoms with Gasteiger partial charge in [0.25, 0.3) is 5.69 Å². The Kier molecular flexibility index (Phi) is 6.24. The van der Waals surface area contributed by atoms with Gasteiger partial charge in [-0.05, 0) is 59.5 Å². The van der Waals surface area contributed by atoms with Crippen molar-refractivity contribution in [1.82, 2.24) is 4.98 Å². The Bertz CT molecular complexity index is 1370. The number of nitrogens with zero attached hydrogens (tertiary/aromatic N) is 2. The van der Waals surface area contributed by atoms with E-state index < -0.39 is 4.92 Å². The molecular weight excluding hydrogens is 442 g/mol. The maximum Gasteiger partial charge on any atom is 0.288 e. The molecule has 7 nitrogen and oxygen atoms in total. The first-order valence-corrected chi connectivity index (χ1v) is 10.6. The number of carbonyl (C=O) groups is 1. The van der Waals surface area contributed by atoms with Crippen LogP contribution in [-0.2, 0) is 4.79 Å². The van der Waals surface area contributed by atoms with Crippen LogP contribution in [0.5, 0.6) is 0 Å². The smallest absolute Gasteiger partial charge is 0.288 e. The molecule has 1 heterocycles. The van der Waals surface area contributed by atoms with E-state index in [1.807, 2.05) is 12.1 Å². The number of hydrogen-bond donors (Lipinski definition) is 1. The Labute approximate surface area is 194 Å². The molecule has 0 bridgehead atoms. The van der Waals surface area contributed by atoms with Crippen LogP contribution in [-0.4, -0.2) is 15.8 Å². The molecule has 0 aliphatic carbocycles. The molecule has 0 unspecified atom stereocenters. The summed E-state index contributed by atoms with van der Waals surface area (Å²) in [5.74, 6) is 0.561. The van der Waals surface area contributed by atoms with E-state index in [9.17, 15) is 14.9 Å². The van der Waals surface area contributed by atoms with Crippen LogP contribution in [0, 0.1) is 10.1 Å². The fraction of sp³-hybridized carbons (Fsp3) is 0.120. The molecule has 8 heteroatoms. The molecule has 0 spiro atoms. The number of anilines is 1. The van der Waals surface area contributed by atoms with Crippen molar-refractivity contribution in [2.24, 2.45) is 0 Å². The fourth-order valence-corrected chi connectivity index (χ4v) is 3.45. The van der Waals surface area contributed by atoms with Gasteiger partial charge in [-0.3, -0.25) is 14.9 Å². The average molecular weight is 462 g/mol. The minimum absolute atomic E-state index is 0.0396. The number of halogens is 1. The zero-order valence-corrected chi connectivity index (χ0v) is 18.7. The normalized spacial score (nSPS) is 11.4. The molecule has 1 N–H and O–H groups in total. The molecular formula is C25H20ClN3O4. The molecule has 0 saturated heterocycles. The maximum absolute atomic E-state index is 12.3. The van der Waals surface area contributed by atoms with E-state index in [0.717, 1.165) is 5.56 Å². The number of oxazole rings is 1. The van der Waals surface area contributed by atoms with E-state index in [1.54, 1.807) is 24.3 Å². The SMILES string of the molecule is CC(C)c1ccc(-c2nc3cc(NC(=O)/C=C/c4ccc(Cl)c([N+](=O)[O-])c4)ccc3o2)cc1. The third-order valence-electron chi connectivity index (χ3n) is 5.07. The van der Waals surface area contributed by atoms with Crippen molar-refractivity contribution in [2.45, 2.75) is 19.8 Å². The topological polar surface area (TPSA) is 98.3 Å². The van der Waals surface area contributed by atoms with Gasteiger partial charge in [0.15, 0.2) is 5.58 Å². The van der Waals surface area contributed by atoms with Crippen molar-refractivity contribution in [3.05, 3.63) is 93.0 Å². The summed E-state index contributed by atoms with van der Waals surface area (Å²) in [5.41, 5.74) is 4.16. The largest absolute Gasteiger partial charge is 0.436 e. The minimum Gasteiger partial charge on any atom is -0.436 e. The molecule has 0 atom stereocenters. The lowest BCUT2D eigenvalue weighted by Gasteiger charge is -2.04. The second-order valence-electron chi connectivity index (χ2n) is 7.77. The predicted octanol–water partition coefficient (Wildman–Crippen LogP) is 6.83. The summed E-state index contributed by atoms with van der Waals surface area (Å²) in [5, 5.41) is 13.8. The fourth-order valence-electron chi connectivity index (χ4n) is 3.27. The van der Waals surface area contributed by atoms with Crippen LogP contribution in [0.15, 0.2) is 71.2 Å². The van der Waals surface area contributed by atoms with Crippen LogP contribution in [0.1, 0.15) is 30.9 Å². The van der Waals surface area contributed by atoms with Gasteiger partial charge in [-0.1, -0.05) is 43.6 Å². The molecule has 1 amide bonds. The van der Waals surface area contributed by atoms with Crippen molar-refractivity contribution in [3.63, 3.8) is 0 Å². The quantitative estimate of drug-likeness (QED) is 0.193. The van der Waals surface area contributed by atoms with Crippen LogP contribution in [0.4, 0.5) is 11.4 Å². The zero-order chi connectivity index (χ0) is 23.5. The van der Waals surface area contributed by atoms with Gasteiger partial charge in [-0.15, -0.1) is 0 Å². The maximum atomic E-state index is 12.3. The van der Waals surface area contributed by atoms with Crippen molar-refractivity contribution >= 4 is 46.1 Å². The number of hydrogen-bond acceptors (Lipinski definition) is 5. The molecule has 4 rings (SSSR count). The third-order valence-corrected chi connectivity index (χ3v) is 5.39. The summed E-state index contributed by atoms with van der Waals surface area (Å²) >= 11 is 5.81. The highest BCUT2D eigenvalue weighted by Gasteiger charge is 2.12. The van der Waals surface area contributed by atoms with Crippen LogP contribution < -0.4 is 5.32 Å². The second-order valence-corrected chi connectivity index (χ2v) is 8.18. The lowest BCUT2D eigenvalue weighted by Crippen LogP contribution is -2.07. The summed E-state index contributed by atoms with van der Waals surface area (Å²) in [7, 11) is 0. The van der Waals surface area contributed by atoms with Gasteiger partial charge >= 0.3 is 0 Å². The summed E-state index contributed by atoms with van der Waals surface area (Å²) in [4.78, 5) is 27.3. The van der Waals surface area contributed by atoms with Crippen molar-refractivity contribution in [2.75, 3.05) is 5.32 Å². The lowest BCUT2D eigenvalue weighted by atomic mass is 10.0. The average Bonchev–Trinajstić information content (AvgIpc) is 3.22. The molecule has 166 valence electrons. The number of amides is 1. The van der Waals surface area contributed by atoms with E-state index >= 15 is 0 Å².